The van der Waals surface area contributed by atoms with Crippen molar-refractivity contribution >= 4 is 79.8 Å². The monoisotopic (exact) mass is 450 g/mol. The van der Waals surface area contributed by atoms with Crippen LogP contribution in [0.25, 0.3) is 10.1 Å². The Hall–Kier alpha value is -0.293. The molecule has 0 spiro atoms. The molecule has 1 aliphatic carbocycles. The minimum atomic E-state index is 0.413. The molecule has 1 aromatic heterocycles. The van der Waals surface area contributed by atoms with E-state index in [4.69, 9.17) is 0 Å². The highest BCUT2D eigenvalue weighted by atomic mass is 79.9. The standard InChI is InChI=1S/C16H8Br2S2Si/c17-15-7-9-5-11(1-3-13(9)19-15)21-12-2-4-14-10(6-12)8-16(18)20-14/h1-3,5-8,10H. The van der Waals surface area contributed by atoms with E-state index >= 15 is 0 Å². The average Bonchev–Trinajstić information content (AvgIpc) is 2.98. The number of benzene rings is 1. The van der Waals surface area contributed by atoms with E-state index in [2.05, 4.69) is 80.1 Å². The maximum atomic E-state index is 3.56. The summed E-state index contributed by atoms with van der Waals surface area (Å²) in [5, 5.41) is 4.08. The third-order valence-electron chi connectivity index (χ3n) is 3.32. The molecule has 4 rings (SSSR count). The van der Waals surface area contributed by atoms with E-state index in [9.17, 15) is 0 Å². The van der Waals surface area contributed by atoms with Gasteiger partial charge in [0, 0.05) is 15.5 Å². The van der Waals surface area contributed by atoms with Crippen LogP contribution in [0.2, 0.25) is 0 Å². The third-order valence-corrected chi connectivity index (χ3v) is 7.83. The smallest absolute Gasteiger partial charge is 0.121 e. The summed E-state index contributed by atoms with van der Waals surface area (Å²) in [7, 11) is 0.690. The molecule has 0 saturated heterocycles. The van der Waals surface area contributed by atoms with Crippen molar-refractivity contribution in [1.29, 1.82) is 0 Å². The zero-order valence-electron chi connectivity index (χ0n) is 10.7. The van der Waals surface area contributed by atoms with Crippen LogP contribution in [-0.4, -0.2) is 9.52 Å². The number of thiophene rings is 1. The van der Waals surface area contributed by atoms with Gasteiger partial charge >= 0.3 is 0 Å². The Balaban J connectivity index is 1.63. The fourth-order valence-corrected chi connectivity index (χ4v) is 6.69. The molecule has 0 nitrogen and oxygen atoms in total. The molecule has 2 aliphatic rings. The van der Waals surface area contributed by atoms with Crippen LogP contribution in [-0.2, 0) is 0 Å². The highest BCUT2D eigenvalue weighted by molar-refractivity contribution is 9.14. The van der Waals surface area contributed by atoms with Crippen molar-refractivity contribution in [1.82, 2.24) is 0 Å². The Morgan fingerprint density at radius 3 is 2.95 bits per heavy atom. The van der Waals surface area contributed by atoms with Crippen LogP contribution < -0.4 is 5.19 Å². The lowest BCUT2D eigenvalue weighted by Crippen LogP contribution is -2.16. The first-order valence-electron chi connectivity index (χ1n) is 6.37. The summed E-state index contributed by atoms with van der Waals surface area (Å²) in [6.45, 7) is 0. The number of thioether (sulfide) groups is 1. The molecule has 2 heterocycles. The lowest BCUT2D eigenvalue weighted by molar-refractivity contribution is 1.05. The second-order valence-electron chi connectivity index (χ2n) is 4.80. The Labute approximate surface area is 150 Å². The first kappa shape index (κ1) is 14.3. The Bertz CT molecular complexity index is 870. The second-order valence-corrected chi connectivity index (χ2v) is 11.1. The third kappa shape index (κ3) is 2.96. The van der Waals surface area contributed by atoms with E-state index in [0.29, 0.717) is 15.4 Å². The van der Waals surface area contributed by atoms with Crippen LogP contribution in [0.4, 0.5) is 0 Å². The largest absolute Gasteiger partial charge is 0.128 e. The summed E-state index contributed by atoms with van der Waals surface area (Å²) >= 11 is 10.7. The number of hydrogen-bond acceptors (Lipinski definition) is 2. The van der Waals surface area contributed by atoms with E-state index in [1.165, 1.54) is 33.0 Å². The van der Waals surface area contributed by atoms with Gasteiger partial charge in [0.15, 0.2) is 0 Å². The molecule has 0 amide bonds. The molecule has 21 heavy (non-hydrogen) atoms. The van der Waals surface area contributed by atoms with E-state index < -0.39 is 0 Å². The van der Waals surface area contributed by atoms with E-state index in [0.717, 1.165) is 0 Å². The van der Waals surface area contributed by atoms with Gasteiger partial charge in [-0.3, -0.25) is 0 Å². The van der Waals surface area contributed by atoms with Crippen LogP contribution in [0.1, 0.15) is 0 Å². The fourth-order valence-electron chi connectivity index (χ4n) is 2.40. The predicted molar refractivity (Wildman–Crippen MR) is 103 cm³/mol. The molecule has 0 bridgehead atoms. The van der Waals surface area contributed by atoms with Gasteiger partial charge in [-0.2, -0.15) is 0 Å². The summed E-state index contributed by atoms with van der Waals surface area (Å²) in [5.41, 5.74) is 3.43. The Morgan fingerprint density at radius 2 is 2.05 bits per heavy atom. The van der Waals surface area contributed by atoms with Crippen molar-refractivity contribution in [2.75, 3.05) is 0 Å². The van der Waals surface area contributed by atoms with Crippen molar-refractivity contribution in [3.05, 3.63) is 65.9 Å². The summed E-state index contributed by atoms with van der Waals surface area (Å²) in [6, 6.07) is 8.97. The summed E-state index contributed by atoms with van der Waals surface area (Å²) in [5.74, 6) is 0.413. The average molecular weight is 452 g/mol. The number of fused-ring (bicyclic) bond motifs is 2. The quantitative estimate of drug-likeness (QED) is 0.427. The fraction of sp³-hybridized carbons (Fsp3) is 0.0625. The van der Waals surface area contributed by atoms with Gasteiger partial charge in [0.25, 0.3) is 0 Å². The number of rotatable bonds is 2. The van der Waals surface area contributed by atoms with Crippen molar-refractivity contribution in [3.8, 4) is 0 Å². The molecule has 0 N–H and O–H groups in total. The van der Waals surface area contributed by atoms with Crippen molar-refractivity contribution in [2.24, 2.45) is 5.92 Å². The van der Waals surface area contributed by atoms with Gasteiger partial charge in [0.1, 0.15) is 9.52 Å². The van der Waals surface area contributed by atoms with E-state index in [-0.39, 0.29) is 0 Å². The number of halogens is 2. The minimum Gasteiger partial charge on any atom is -0.128 e. The highest BCUT2D eigenvalue weighted by Crippen LogP contribution is 2.44. The van der Waals surface area contributed by atoms with Crippen molar-refractivity contribution in [3.63, 3.8) is 0 Å². The van der Waals surface area contributed by atoms with Gasteiger partial charge in [0.05, 0.1) is 7.60 Å². The maximum absolute atomic E-state index is 3.56. The Morgan fingerprint density at radius 1 is 1.14 bits per heavy atom. The van der Waals surface area contributed by atoms with Crippen LogP contribution in [0.3, 0.4) is 0 Å². The van der Waals surface area contributed by atoms with Crippen molar-refractivity contribution in [2.45, 2.75) is 0 Å². The van der Waals surface area contributed by atoms with Crippen LogP contribution in [0.5, 0.6) is 0 Å². The lowest BCUT2D eigenvalue weighted by Gasteiger charge is -2.10. The van der Waals surface area contributed by atoms with Gasteiger partial charge in [-0.15, -0.1) is 17.1 Å². The molecule has 2 radical (unpaired) electrons. The molecule has 0 fully saturated rings. The van der Waals surface area contributed by atoms with Gasteiger partial charge in [0.2, 0.25) is 0 Å². The molecule has 1 aromatic carbocycles. The summed E-state index contributed by atoms with van der Waals surface area (Å²) in [6.07, 6.45) is 6.76. The summed E-state index contributed by atoms with van der Waals surface area (Å²) in [4.78, 5) is 1.30. The van der Waals surface area contributed by atoms with E-state index in [1.54, 1.807) is 23.1 Å². The van der Waals surface area contributed by atoms with Gasteiger partial charge in [-0.1, -0.05) is 46.4 Å². The molecule has 1 unspecified atom stereocenters. The normalized spacial score (nSPS) is 20.3. The topological polar surface area (TPSA) is 0 Å². The van der Waals surface area contributed by atoms with Gasteiger partial charge < -0.3 is 0 Å². The zero-order chi connectivity index (χ0) is 14.4. The van der Waals surface area contributed by atoms with Crippen LogP contribution >= 0.6 is 55.0 Å². The van der Waals surface area contributed by atoms with Crippen LogP contribution in [0.15, 0.2) is 65.9 Å². The minimum absolute atomic E-state index is 0.413. The first-order chi connectivity index (χ1) is 10.2. The molecule has 102 valence electrons. The number of allylic oxidation sites excluding steroid dienone is 4. The second kappa shape index (κ2) is 5.73. The van der Waals surface area contributed by atoms with Crippen LogP contribution in [0, 0.1) is 5.92 Å². The molecule has 5 heteroatoms. The predicted octanol–water partition coefficient (Wildman–Crippen LogP) is 5.53. The SMILES string of the molecule is BrC1=CC2C=C([Si]c3ccc4sc(Br)cc4c3)C=C=C2S1. The van der Waals surface area contributed by atoms with Crippen molar-refractivity contribution < 1.29 is 0 Å². The molecule has 0 saturated carbocycles. The number of hydrogen-bond donors (Lipinski definition) is 0. The molecule has 2 aromatic rings. The van der Waals surface area contributed by atoms with E-state index in [1.807, 2.05) is 0 Å². The zero-order valence-corrected chi connectivity index (χ0v) is 16.5. The molecular weight excluding hydrogens is 444 g/mol. The first-order valence-corrected chi connectivity index (χ1v) is 10.6. The maximum Gasteiger partial charge on any atom is 0.121 e. The summed E-state index contributed by atoms with van der Waals surface area (Å²) < 4.78 is 3.74. The van der Waals surface area contributed by atoms with Gasteiger partial charge in [-0.05, 0) is 55.5 Å². The Kier molecular flexibility index (Phi) is 3.90. The molecule has 1 atom stereocenters. The molecular formula is C16H8Br2S2Si. The van der Waals surface area contributed by atoms with Gasteiger partial charge in [-0.25, -0.2) is 0 Å². The highest BCUT2D eigenvalue weighted by Gasteiger charge is 2.21. The lowest BCUT2D eigenvalue weighted by atomic mass is 10.1. The molecule has 1 aliphatic heterocycles.